The van der Waals surface area contributed by atoms with Gasteiger partial charge < -0.3 is 0 Å². The van der Waals surface area contributed by atoms with Crippen molar-refractivity contribution in [2.75, 3.05) is 0 Å². The van der Waals surface area contributed by atoms with Gasteiger partial charge in [0.15, 0.2) is 0 Å². The first kappa shape index (κ1) is 10.5. The van der Waals surface area contributed by atoms with Gasteiger partial charge in [-0.1, -0.05) is 35.4 Å². The topological polar surface area (TPSA) is 34.1 Å². The standard InChI is InChI=1S/C14H12O2S/c1-9-3-5-13-11(7-9)12-8-10(2)4-6-14(12)17(13,15)16/h3-8H,1-2H3. The summed E-state index contributed by atoms with van der Waals surface area (Å²) in [6, 6.07) is 11.0. The highest BCUT2D eigenvalue weighted by molar-refractivity contribution is 7.92. The maximum absolute atomic E-state index is 12.3. The first-order chi connectivity index (χ1) is 8.00. The quantitative estimate of drug-likeness (QED) is 0.609. The van der Waals surface area contributed by atoms with Gasteiger partial charge in [0, 0.05) is 11.1 Å². The fourth-order valence-corrected chi connectivity index (χ4v) is 3.94. The predicted octanol–water partition coefficient (Wildman–Crippen LogP) is 3.12. The van der Waals surface area contributed by atoms with Gasteiger partial charge in [-0.25, -0.2) is 8.42 Å². The number of hydrogen-bond donors (Lipinski definition) is 0. The van der Waals surface area contributed by atoms with E-state index < -0.39 is 9.84 Å². The van der Waals surface area contributed by atoms with E-state index in [9.17, 15) is 8.42 Å². The Labute approximate surface area is 101 Å². The Morgan fingerprint density at radius 3 is 1.59 bits per heavy atom. The van der Waals surface area contributed by atoms with Crippen molar-refractivity contribution in [2.24, 2.45) is 0 Å². The molecule has 2 nitrogen and oxygen atoms in total. The SMILES string of the molecule is Cc1ccc2c(c1)-c1cc(C)ccc1S2(=O)=O. The average molecular weight is 244 g/mol. The molecular weight excluding hydrogens is 232 g/mol. The molecule has 0 saturated heterocycles. The van der Waals surface area contributed by atoms with Gasteiger partial charge in [-0.15, -0.1) is 0 Å². The molecule has 0 unspecified atom stereocenters. The summed E-state index contributed by atoms with van der Waals surface area (Å²) in [4.78, 5) is 0.868. The number of sulfone groups is 1. The van der Waals surface area contributed by atoms with Crippen LogP contribution in [0.5, 0.6) is 0 Å². The van der Waals surface area contributed by atoms with Crippen LogP contribution in [0.3, 0.4) is 0 Å². The lowest BCUT2D eigenvalue weighted by molar-refractivity contribution is 0.598. The van der Waals surface area contributed by atoms with Crippen molar-refractivity contribution in [2.45, 2.75) is 23.6 Å². The molecule has 0 aliphatic carbocycles. The molecule has 0 N–H and O–H groups in total. The van der Waals surface area contributed by atoms with Crippen LogP contribution in [0.25, 0.3) is 11.1 Å². The number of benzene rings is 2. The Kier molecular flexibility index (Phi) is 1.98. The van der Waals surface area contributed by atoms with E-state index in [1.807, 2.05) is 38.1 Å². The van der Waals surface area contributed by atoms with Crippen LogP contribution in [0.2, 0.25) is 0 Å². The van der Waals surface area contributed by atoms with Crippen molar-refractivity contribution in [1.29, 1.82) is 0 Å². The second-order valence-corrected chi connectivity index (χ2v) is 6.39. The van der Waals surface area contributed by atoms with Crippen LogP contribution in [0.4, 0.5) is 0 Å². The van der Waals surface area contributed by atoms with Gasteiger partial charge in [0.2, 0.25) is 9.84 Å². The van der Waals surface area contributed by atoms with E-state index in [1.54, 1.807) is 12.1 Å². The molecule has 2 aromatic rings. The van der Waals surface area contributed by atoms with Crippen LogP contribution in [0, 0.1) is 13.8 Å². The summed E-state index contributed by atoms with van der Waals surface area (Å²) in [6.07, 6.45) is 0. The summed E-state index contributed by atoms with van der Waals surface area (Å²) in [6.45, 7) is 3.95. The fraction of sp³-hybridized carbons (Fsp3) is 0.143. The van der Waals surface area contributed by atoms with Crippen molar-refractivity contribution in [3.05, 3.63) is 47.5 Å². The minimum Gasteiger partial charge on any atom is -0.218 e. The van der Waals surface area contributed by atoms with Crippen molar-refractivity contribution in [1.82, 2.24) is 0 Å². The molecule has 86 valence electrons. The largest absolute Gasteiger partial charge is 0.218 e. The van der Waals surface area contributed by atoms with Crippen LogP contribution in [0.1, 0.15) is 11.1 Å². The lowest BCUT2D eigenvalue weighted by Gasteiger charge is -2.00. The van der Waals surface area contributed by atoms with E-state index in [0.717, 1.165) is 22.3 Å². The minimum absolute atomic E-state index is 0.434. The Morgan fingerprint density at radius 1 is 0.765 bits per heavy atom. The Morgan fingerprint density at radius 2 is 1.18 bits per heavy atom. The van der Waals surface area contributed by atoms with Crippen LogP contribution >= 0.6 is 0 Å². The predicted molar refractivity (Wildman–Crippen MR) is 66.8 cm³/mol. The molecule has 2 aromatic carbocycles. The molecule has 17 heavy (non-hydrogen) atoms. The molecule has 0 amide bonds. The minimum atomic E-state index is -3.30. The van der Waals surface area contributed by atoms with Crippen LogP contribution in [-0.4, -0.2) is 8.42 Å². The molecule has 1 heterocycles. The maximum atomic E-state index is 12.3. The number of hydrogen-bond acceptors (Lipinski definition) is 2. The average Bonchev–Trinajstić information content (AvgIpc) is 2.47. The van der Waals surface area contributed by atoms with Gasteiger partial charge in [-0.3, -0.25) is 0 Å². The monoisotopic (exact) mass is 244 g/mol. The van der Waals surface area contributed by atoms with Crippen molar-refractivity contribution in [3.63, 3.8) is 0 Å². The van der Waals surface area contributed by atoms with E-state index in [0.29, 0.717) is 9.79 Å². The molecule has 3 heteroatoms. The molecule has 0 bridgehead atoms. The zero-order valence-corrected chi connectivity index (χ0v) is 10.5. The molecule has 0 radical (unpaired) electrons. The fourth-order valence-electron chi connectivity index (χ4n) is 2.30. The molecule has 0 spiro atoms. The summed E-state index contributed by atoms with van der Waals surface area (Å²) in [7, 11) is -3.30. The van der Waals surface area contributed by atoms with Crippen molar-refractivity contribution in [3.8, 4) is 11.1 Å². The lowest BCUT2D eigenvalue weighted by atomic mass is 10.0. The molecule has 0 atom stereocenters. The van der Waals surface area contributed by atoms with Crippen LogP contribution in [0.15, 0.2) is 46.2 Å². The second kappa shape index (κ2) is 3.20. The summed E-state index contributed by atoms with van der Waals surface area (Å²) in [5.41, 5.74) is 3.83. The van der Waals surface area contributed by atoms with E-state index in [-0.39, 0.29) is 0 Å². The molecule has 0 aromatic heterocycles. The first-order valence-corrected chi connectivity index (χ1v) is 6.95. The third kappa shape index (κ3) is 1.35. The molecule has 0 saturated carbocycles. The Balaban J connectivity index is 2.48. The Hall–Kier alpha value is -1.61. The van der Waals surface area contributed by atoms with Crippen LogP contribution in [-0.2, 0) is 9.84 Å². The highest BCUT2D eigenvalue weighted by Crippen LogP contribution is 2.43. The van der Waals surface area contributed by atoms with Gasteiger partial charge in [0.05, 0.1) is 9.79 Å². The molecule has 1 aliphatic heterocycles. The normalized spacial score (nSPS) is 15.4. The van der Waals surface area contributed by atoms with E-state index in [4.69, 9.17) is 0 Å². The van der Waals surface area contributed by atoms with Crippen LogP contribution < -0.4 is 0 Å². The molecular formula is C14H12O2S. The maximum Gasteiger partial charge on any atom is 0.207 e. The first-order valence-electron chi connectivity index (χ1n) is 5.47. The smallest absolute Gasteiger partial charge is 0.207 e. The number of aryl methyl sites for hydroxylation is 2. The zero-order valence-electron chi connectivity index (χ0n) is 9.69. The van der Waals surface area contributed by atoms with Gasteiger partial charge >= 0.3 is 0 Å². The highest BCUT2D eigenvalue weighted by Gasteiger charge is 2.32. The summed E-state index contributed by atoms with van der Waals surface area (Å²) < 4.78 is 24.6. The molecule has 1 aliphatic rings. The third-order valence-corrected chi connectivity index (χ3v) is 5.01. The number of fused-ring (bicyclic) bond motifs is 3. The van der Waals surface area contributed by atoms with E-state index >= 15 is 0 Å². The second-order valence-electron chi connectivity index (χ2n) is 4.50. The lowest BCUT2D eigenvalue weighted by Crippen LogP contribution is -1.96. The zero-order chi connectivity index (χ0) is 12.2. The third-order valence-electron chi connectivity index (χ3n) is 3.14. The van der Waals surface area contributed by atoms with E-state index in [1.165, 1.54) is 0 Å². The summed E-state index contributed by atoms with van der Waals surface area (Å²) in [5, 5.41) is 0. The Bertz CT molecular complexity index is 670. The van der Waals surface area contributed by atoms with Gasteiger partial charge in [-0.05, 0) is 26.0 Å². The summed E-state index contributed by atoms with van der Waals surface area (Å²) in [5.74, 6) is 0. The number of rotatable bonds is 0. The van der Waals surface area contributed by atoms with E-state index in [2.05, 4.69) is 0 Å². The van der Waals surface area contributed by atoms with Crippen molar-refractivity contribution >= 4 is 9.84 Å². The summed E-state index contributed by atoms with van der Waals surface area (Å²) >= 11 is 0. The molecule has 3 rings (SSSR count). The van der Waals surface area contributed by atoms with Gasteiger partial charge in [-0.2, -0.15) is 0 Å². The van der Waals surface area contributed by atoms with Gasteiger partial charge in [0.25, 0.3) is 0 Å². The highest BCUT2D eigenvalue weighted by atomic mass is 32.2. The van der Waals surface area contributed by atoms with Crippen molar-refractivity contribution < 1.29 is 8.42 Å². The van der Waals surface area contributed by atoms with Gasteiger partial charge in [0.1, 0.15) is 0 Å². The molecule has 0 fully saturated rings.